The van der Waals surface area contributed by atoms with E-state index in [0.717, 1.165) is 77.0 Å². The molecule has 0 bridgehead atoms. The number of nitrogens with zero attached hydrogens (tertiary/aromatic N) is 1. The summed E-state index contributed by atoms with van der Waals surface area (Å²) in [7, 11) is 0. The molecule has 0 radical (unpaired) electrons. The standard InChI is InChI=1S/C52H103NO6/c1-4-7-10-13-15-16-17-24-33-42-50(41-32-12-9-6-3)59-52(56)58-49-40-31-23-20-28-37-46-53(44-35-26-18-21-29-38-47-54)45-36-27-19-22-30-39-48-57-51(55)43-34-25-14-11-8-5-2/h50,54H,4-49H2,1-3H3. The molecule has 0 aromatic carbocycles. The Balaban J connectivity index is 4.19. The van der Waals surface area contributed by atoms with Gasteiger partial charge in [-0.05, 0) is 90.3 Å². The van der Waals surface area contributed by atoms with E-state index in [4.69, 9.17) is 19.3 Å². The van der Waals surface area contributed by atoms with Crippen molar-refractivity contribution in [2.45, 2.75) is 284 Å². The first-order valence-corrected chi connectivity index (χ1v) is 26.4. The lowest BCUT2D eigenvalue weighted by Crippen LogP contribution is -2.27. The molecule has 0 amide bonds. The Kier molecular flexibility index (Phi) is 48.2. The summed E-state index contributed by atoms with van der Waals surface area (Å²) in [5.41, 5.74) is 0. The summed E-state index contributed by atoms with van der Waals surface area (Å²) in [6.45, 7) is 11.7. The predicted molar refractivity (Wildman–Crippen MR) is 252 cm³/mol. The number of unbranched alkanes of at least 4 members (excludes halogenated alkanes) is 31. The molecule has 7 nitrogen and oxygen atoms in total. The van der Waals surface area contributed by atoms with Gasteiger partial charge in [0.15, 0.2) is 0 Å². The van der Waals surface area contributed by atoms with Gasteiger partial charge < -0.3 is 24.2 Å². The normalized spacial score (nSPS) is 12.0. The second kappa shape index (κ2) is 49.3. The molecular weight excluding hydrogens is 735 g/mol. The molecule has 0 aliphatic heterocycles. The molecule has 0 saturated carbocycles. The third kappa shape index (κ3) is 46.0. The van der Waals surface area contributed by atoms with Crippen molar-refractivity contribution in [3.05, 3.63) is 0 Å². The van der Waals surface area contributed by atoms with Gasteiger partial charge in [0.2, 0.25) is 0 Å². The first-order valence-electron chi connectivity index (χ1n) is 26.4. The van der Waals surface area contributed by atoms with Gasteiger partial charge in [0.25, 0.3) is 0 Å². The van der Waals surface area contributed by atoms with Crippen molar-refractivity contribution in [2.75, 3.05) is 39.5 Å². The Morgan fingerprint density at radius 2 is 0.746 bits per heavy atom. The van der Waals surface area contributed by atoms with Crippen LogP contribution >= 0.6 is 0 Å². The molecule has 0 rings (SSSR count). The van der Waals surface area contributed by atoms with Crippen LogP contribution in [0.1, 0.15) is 278 Å². The number of hydrogen-bond donors (Lipinski definition) is 1. The van der Waals surface area contributed by atoms with Crippen molar-refractivity contribution in [1.82, 2.24) is 4.90 Å². The maximum absolute atomic E-state index is 12.6. The van der Waals surface area contributed by atoms with Gasteiger partial charge in [-0.3, -0.25) is 4.79 Å². The highest BCUT2D eigenvalue weighted by atomic mass is 16.7. The summed E-state index contributed by atoms with van der Waals surface area (Å²) >= 11 is 0. The molecule has 1 N–H and O–H groups in total. The van der Waals surface area contributed by atoms with Gasteiger partial charge in [-0.1, -0.05) is 201 Å². The summed E-state index contributed by atoms with van der Waals surface area (Å²) in [4.78, 5) is 27.2. The molecule has 0 aromatic heterocycles. The van der Waals surface area contributed by atoms with E-state index in [0.29, 0.717) is 26.2 Å². The Bertz CT molecular complexity index is 840. The zero-order chi connectivity index (χ0) is 43.0. The minimum Gasteiger partial charge on any atom is -0.466 e. The SMILES string of the molecule is CCCCCCCCCCCC(CCCCCC)OC(=O)OCCCCCCCCN(CCCCCCCCO)CCCCCCCCOC(=O)CCCCCCCC. The van der Waals surface area contributed by atoms with Crippen molar-refractivity contribution in [3.63, 3.8) is 0 Å². The number of carbonyl (C=O) groups excluding carboxylic acids is 2. The molecule has 0 aliphatic rings. The molecule has 0 heterocycles. The fraction of sp³-hybridized carbons (Fsp3) is 0.962. The Morgan fingerprint density at radius 1 is 0.407 bits per heavy atom. The topological polar surface area (TPSA) is 85.3 Å². The average Bonchev–Trinajstić information content (AvgIpc) is 3.23. The van der Waals surface area contributed by atoms with E-state index >= 15 is 0 Å². The lowest BCUT2D eigenvalue weighted by molar-refractivity contribution is -0.143. The van der Waals surface area contributed by atoms with Gasteiger partial charge in [-0.2, -0.15) is 0 Å². The lowest BCUT2D eigenvalue weighted by Gasteiger charge is -2.22. The molecule has 352 valence electrons. The van der Waals surface area contributed by atoms with Crippen LogP contribution in [-0.4, -0.2) is 67.7 Å². The third-order valence-corrected chi connectivity index (χ3v) is 12.1. The van der Waals surface area contributed by atoms with Crippen LogP contribution in [0.3, 0.4) is 0 Å². The van der Waals surface area contributed by atoms with E-state index in [-0.39, 0.29) is 12.1 Å². The molecule has 0 saturated heterocycles. The minimum atomic E-state index is -0.455. The Morgan fingerprint density at radius 3 is 1.19 bits per heavy atom. The van der Waals surface area contributed by atoms with Crippen molar-refractivity contribution in [3.8, 4) is 0 Å². The molecular formula is C52H103NO6. The van der Waals surface area contributed by atoms with Crippen LogP contribution in [0.15, 0.2) is 0 Å². The highest BCUT2D eigenvalue weighted by Crippen LogP contribution is 2.18. The first kappa shape index (κ1) is 57.7. The van der Waals surface area contributed by atoms with Crippen LogP contribution in [0, 0.1) is 0 Å². The second-order valence-electron chi connectivity index (χ2n) is 18.0. The summed E-state index contributed by atoms with van der Waals surface area (Å²) in [5.74, 6) is -0.00905. The van der Waals surface area contributed by atoms with Gasteiger partial charge in [-0.25, -0.2) is 4.79 Å². The zero-order valence-electron chi connectivity index (χ0n) is 40.0. The third-order valence-electron chi connectivity index (χ3n) is 12.1. The van der Waals surface area contributed by atoms with E-state index < -0.39 is 6.16 Å². The van der Waals surface area contributed by atoms with Crippen molar-refractivity contribution in [1.29, 1.82) is 0 Å². The number of esters is 1. The van der Waals surface area contributed by atoms with Crippen LogP contribution in [0.5, 0.6) is 0 Å². The van der Waals surface area contributed by atoms with Gasteiger partial charge in [-0.15, -0.1) is 0 Å². The molecule has 0 aromatic rings. The molecule has 1 unspecified atom stereocenters. The van der Waals surface area contributed by atoms with E-state index in [2.05, 4.69) is 25.7 Å². The molecule has 59 heavy (non-hydrogen) atoms. The quantitative estimate of drug-likeness (QED) is 0.0482. The first-order chi connectivity index (χ1) is 29.1. The Hall–Kier alpha value is -1.34. The van der Waals surface area contributed by atoms with Crippen LogP contribution in [0.4, 0.5) is 4.79 Å². The maximum Gasteiger partial charge on any atom is 0.508 e. The van der Waals surface area contributed by atoms with Gasteiger partial charge in [0.05, 0.1) is 13.2 Å². The molecule has 0 fully saturated rings. The van der Waals surface area contributed by atoms with Crippen molar-refractivity contribution in [2.24, 2.45) is 0 Å². The molecule has 0 aliphatic carbocycles. The highest BCUT2D eigenvalue weighted by molar-refractivity contribution is 5.69. The van der Waals surface area contributed by atoms with Gasteiger partial charge in [0, 0.05) is 13.0 Å². The number of aliphatic hydroxyl groups is 1. The lowest BCUT2D eigenvalue weighted by atomic mass is 10.0. The van der Waals surface area contributed by atoms with Crippen LogP contribution in [0.2, 0.25) is 0 Å². The maximum atomic E-state index is 12.6. The molecule has 7 heteroatoms. The smallest absolute Gasteiger partial charge is 0.466 e. The average molecular weight is 838 g/mol. The van der Waals surface area contributed by atoms with Gasteiger partial charge >= 0.3 is 12.1 Å². The fourth-order valence-corrected chi connectivity index (χ4v) is 8.16. The molecule has 0 spiro atoms. The number of carbonyl (C=O) groups is 2. The van der Waals surface area contributed by atoms with Crippen LogP contribution in [0.25, 0.3) is 0 Å². The second-order valence-corrected chi connectivity index (χ2v) is 18.0. The van der Waals surface area contributed by atoms with Crippen molar-refractivity contribution >= 4 is 12.1 Å². The summed E-state index contributed by atoms with van der Waals surface area (Å²) in [6.07, 6.45) is 47.3. The molecule has 1 atom stereocenters. The van der Waals surface area contributed by atoms with Gasteiger partial charge in [0.1, 0.15) is 6.10 Å². The van der Waals surface area contributed by atoms with Crippen LogP contribution < -0.4 is 0 Å². The summed E-state index contributed by atoms with van der Waals surface area (Å²) in [5, 5.41) is 9.05. The van der Waals surface area contributed by atoms with E-state index in [1.165, 1.54) is 193 Å². The Labute approximate surface area is 368 Å². The number of hydrogen-bond acceptors (Lipinski definition) is 7. The largest absolute Gasteiger partial charge is 0.508 e. The number of ether oxygens (including phenoxy) is 3. The van der Waals surface area contributed by atoms with E-state index in [9.17, 15) is 9.59 Å². The highest BCUT2D eigenvalue weighted by Gasteiger charge is 2.15. The van der Waals surface area contributed by atoms with E-state index in [1.54, 1.807) is 0 Å². The monoisotopic (exact) mass is 838 g/mol. The fourth-order valence-electron chi connectivity index (χ4n) is 8.16. The van der Waals surface area contributed by atoms with Crippen molar-refractivity contribution < 1.29 is 28.9 Å². The minimum absolute atomic E-state index is 0.00832. The van der Waals surface area contributed by atoms with E-state index in [1.807, 2.05) is 0 Å². The predicted octanol–water partition coefficient (Wildman–Crippen LogP) is 16.0. The number of aliphatic hydroxyl groups excluding tert-OH is 1. The summed E-state index contributed by atoms with van der Waals surface area (Å²) in [6, 6.07) is 0. The number of rotatable bonds is 49. The summed E-state index contributed by atoms with van der Waals surface area (Å²) < 4.78 is 16.8. The van der Waals surface area contributed by atoms with Crippen LogP contribution in [-0.2, 0) is 19.0 Å². The zero-order valence-corrected chi connectivity index (χ0v) is 40.0.